The minimum atomic E-state index is -0.729. The Morgan fingerprint density at radius 3 is 2.23 bits per heavy atom. The summed E-state index contributed by atoms with van der Waals surface area (Å²) < 4.78 is 5.13. The Bertz CT molecular complexity index is 912. The van der Waals surface area contributed by atoms with Crippen LogP contribution in [0.15, 0.2) is 39.9 Å². The average molecular weight is 358 g/mol. The van der Waals surface area contributed by atoms with Crippen LogP contribution in [0.3, 0.4) is 0 Å². The summed E-state index contributed by atoms with van der Waals surface area (Å²) in [4.78, 5) is 55.1. The first-order valence-electron chi connectivity index (χ1n) is 8.04. The third kappa shape index (κ3) is 3.66. The number of aromatic nitrogens is 2. The second-order valence-electron chi connectivity index (χ2n) is 5.82. The predicted molar refractivity (Wildman–Crippen MR) is 92.5 cm³/mol. The minimum absolute atomic E-state index is 0.0636. The molecule has 26 heavy (non-hydrogen) atoms. The first kappa shape index (κ1) is 17.5. The summed E-state index contributed by atoms with van der Waals surface area (Å²) in [5.74, 6) is 0.0187. The quantitative estimate of drug-likeness (QED) is 0.779. The predicted octanol–water partition coefficient (Wildman–Crippen LogP) is -0.330. The summed E-state index contributed by atoms with van der Waals surface area (Å²) in [6, 6.07) is 7.94. The Labute approximate surface area is 148 Å². The lowest BCUT2D eigenvalue weighted by atomic mass is 10.1. The van der Waals surface area contributed by atoms with Crippen LogP contribution < -0.4 is 16.0 Å². The van der Waals surface area contributed by atoms with Gasteiger partial charge >= 0.3 is 5.69 Å². The Morgan fingerprint density at radius 2 is 1.62 bits per heavy atom. The standard InChI is InChI=1S/C17H18N4O5/c1-26-12-4-2-3-11(9-12)15(23)20-5-7-21(8-6-20)16(24)13-10-14(22)19-17(25)18-13/h2-4,9-10H,5-8H2,1H3,(H2,18,19,22,25). The fraction of sp³-hybridized carbons (Fsp3) is 0.294. The summed E-state index contributed by atoms with van der Waals surface area (Å²) in [7, 11) is 1.53. The van der Waals surface area contributed by atoms with Gasteiger partial charge in [0.05, 0.1) is 7.11 Å². The van der Waals surface area contributed by atoms with Crippen molar-refractivity contribution in [1.82, 2.24) is 19.8 Å². The van der Waals surface area contributed by atoms with E-state index in [1.807, 2.05) is 4.98 Å². The first-order chi connectivity index (χ1) is 12.5. The van der Waals surface area contributed by atoms with Crippen LogP contribution in [0.4, 0.5) is 0 Å². The SMILES string of the molecule is COc1cccc(C(=O)N2CCN(C(=O)c3cc(=O)[nH]c(=O)[nH]3)CC2)c1. The molecular weight excluding hydrogens is 340 g/mol. The van der Waals surface area contributed by atoms with Crippen LogP contribution in [0.1, 0.15) is 20.8 Å². The molecule has 1 aromatic heterocycles. The van der Waals surface area contributed by atoms with Crippen molar-refractivity contribution in [2.45, 2.75) is 0 Å². The van der Waals surface area contributed by atoms with Gasteiger partial charge in [-0.2, -0.15) is 0 Å². The molecule has 2 heterocycles. The van der Waals surface area contributed by atoms with Crippen LogP contribution in [0.5, 0.6) is 5.75 Å². The largest absolute Gasteiger partial charge is 0.497 e. The van der Waals surface area contributed by atoms with Crippen LogP contribution in [0.25, 0.3) is 0 Å². The number of aromatic amines is 2. The van der Waals surface area contributed by atoms with Crippen LogP contribution in [-0.4, -0.2) is 64.9 Å². The molecule has 0 aliphatic carbocycles. The fourth-order valence-electron chi connectivity index (χ4n) is 2.81. The molecule has 0 saturated carbocycles. The fourth-order valence-corrected chi connectivity index (χ4v) is 2.81. The van der Waals surface area contributed by atoms with Crippen LogP contribution >= 0.6 is 0 Å². The highest BCUT2D eigenvalue weighted by molar-refractivity contribution is 5.95. The number of piperazine rings is 1. The van der Waals surface area contributed by atoms with Crippen molar-refractivity contribution in [2.24, 2.45) is 0 Å². The summed E-state index contributed by atoms with van der Waals surface area (Å²) >= 11 is 0. The number of nitrogens with zero attached hydrogens (tertiary/aromatic N) is 2. The molecule has 1 fully saturated rings. The van der Waals surface area contributed by atoms with Gasteiger partial charge in [-0.1, -0.05) is 6.07 Å². The van der Waals surface area contributed by atoms with Gasteiger partial charge < -0.3 is 19.5 Å². The normalized spacial score (nSPS) is 14.2. The lowest BCUT2D eigenvalue weighted by Gasteiger charge is -2.34. The van der Waals surface area contributed by atoms with Gasteiger partial charge in [-0.3, -0.25) is 19.4 Å². The molecule has 0 spiro atoms. The number of ether oxygens (including phenoxy) is 1. The molecule has 2 N–H and O–H groups in total. The van der Waals surface area contributed by atoms with Crippen molar-refractivity contribution in [3.63, 3.8) is 0 Å². The van der Waals surface area contributed by atoms with Gasteiger partial charge in [0.15, 0.2) is 0 Å². The number of H-pyrrole nitrogens is 2. The summed E-state index contributed by atoms with van der Waals surface area (Å²) in [6.45, 7) is 1.33. The molecule has 136 valence electrons. The molecule has 2 amide bonds. The molecule has 1 saturated heterocycles. The maximum Gasteiger partial charge on any atom is 0.326 e. The van der Waals surface area contributed by atoms with Crippen molar-refractivity contribution in [2.75, 3.05) is 33.3 Å². The van der Waals surface area contributed by atoms with Gasteiger partial charge in [0, 0.05) is 37.8 Å². The minimum Gasteiger partial charge on any atom is -0.497 e. The van der Waals surface area contributed by atoms with Crippen LogP contribution in [0, 0.1) is 0 Å². The summed E-state index contributed by atoms with van der Waals surface area (Å²) in [5, 5.41) is 0. The topological polar surface area (TPSA) is 116 Å². The van der Waals surface area contributed by atoms with E-state index in [9.17, 15) is 19.2 Å². The van der Waals surface area contributed by atoms with Gasteiger partial charge in [-0.05, 0) is 18.2 Å². The lowest BCUT2D eigenvalue weighted by Crippen LogP contribution is -2.51. The van der Waals surface area contributed by atoms with E-state index in [1.165, 1.54) is 12.0 Å². The Hall–Kier alpha value is -3.36. The number of nitrogens with one attached hydrogen (secondary N) is 2. The maximum atomic E-state index is 12.6. The van der Waals surface area contributed by atoms with Crippen molar-refractivity contribution in [3.05, 3.63) is 62.4 Å². The van der Waals surface area contributed by atoms with Crippen LogP contribution in [-0.2, 0) is 0 Å². The molecule has 1 aliphatic heterocycles. The highest BCUT2D eigenvalue weighted by atomic mass is 16.5. The average Bonchev–Trinajstić information content (AvgIpc) is 2.66. The monoisotopic (exact) mass is 358 g/mol. The van der Waals surface area contributed by atoms with E-state index < -0.39 is 17.2 Å². The molecule has 0 bridgehead atoms. The second-order valence-corrected chi connectivity index (χ2v) is 5.82. The smallest absolute Gasteiger partial charge is 0.326 e. The highest BCUT2D eigenvalue weighted by Gasteiger charge is 2.26. The van der Waals surface area contributed by atoms with Crippen molar-refractivity contribution < 1.29 is 14.3 Å². The lowest BCUT2D eigenvalue weighted by molar-refractivity contribution is 0.0532. The number of carbonyl (C=O) groups excluding carboxylic acids is 2. The Balaban J connectivity index is 1.66. The van der Waals surface area contributed by atoms with Crippen molar-refractivity contribution in [3.8, 4) is 5.75 Å². The van der Waals surface area contributed by atoms with Gasteiger partial charge in [-0.25, -0.2) is 4.79 Å². The van der Waals surface area contributed by atoms with E-state index >= 15 is 0 Å². The number of hydrogen-bond donors (Lipinski definition) is 2. The van der Waals surface area contributed by atoms with Crippen LogP contribution in [0.2, 0.25) is 0 Å². The third-order valence-corrected chi connectivity index (χ3v) is 4.16. The number of benzene rings is 1. The molecule has 9 heteroatoms. The molecule has 0 atom stereocenters. The van der Waals surface area contributed by atoms with Gasteiger partial charge in [-0.15, -0.1) is 0 Å². The van der Waals surface area contributed by atoms with Crippen molar-refractivity contribution >= 4 is 11.8 Å². The van der Waals surface area contributed by atoms with Gasteiger partial charge in [0.1, 0.15) is 11.4 Å². The van der Waals surface area contributed by atoms with E-state index in [0.717, 1.165) is 6.07 Å². The first-order valence-corrected chi connectivity index (χ1v) is 8.04. The number of rotatable bonds is 3. The summed E-state index contributed by atoms with van der Waals surface area (Å²) in [6.07, 6.45) is 0. The molecular formula is C17H18N4O5. The molecule has 0 unspecified atom stereocenters. The third-order valence-electron chi connectivity index (χ3n) is 4.16. The van der Waals surface area contributed by atoms with Gasteiger partial charge in [0.25, 0.3) is 17.4 Å². The number of amides is 2. The van der Waals surface area contributed by atoms with E-state index in [1.54, 1.807) is 29.2 Å². The molecule has 2 aromatic rings. The zero-order chi connectivity index (χ0) is 18.7. The molecule has 1 aliphatic rings. The highest BCUT2D eigenvalue weighted by Crippen LogP contribution is 2.16. The zero-order valence-electron chi connectivity index (χ0n) is 14.2. The van der Waals surface area contributed by atoms with Crippen molar-refractivity contribution in [1.29, 1.82) is 0 Å². The Morgan fingerprint density at radius 1 is 0.962 bits per heavy atom. The van der Waals surface area contributed by atoms with E-state index in [4.69, 9.17) is 4.74 Å². The molecule has 0 radical (unpaired) electrons. The van der Waals surface area contributed by atoms with Gasteiger partial charge in [0.2, 0.25) is 0 Å². The Kier molecular flexibility index (Phi) is 4.87. The van der Waals surface area contributed by atoms with E-state index in [-0.39, 0.29) is 11.6 Å². The molecule has 1 aromatic carbocycles. The second kappa shape index (κ2) is 7.26. The molecule has 3 rings (SSSR count). The number of carbonyl (C=O) groups is 2. The van der Waals surface area contributed by atoms with E-state index in [2.05, 4.69) is 4.98 Å². The van der Waals surface area contributed by atoms with E-state index in [0.29, 0.717) is 37.5 Å². The molecule has 9 nitrogen and oxygen atoms in total. The number of methoxy groups -OCH3 is 1. The zero-order valence-corrected chi connectivity index (χ0v) is 14.2. The summed E-state index contributed by atoms with van der Waals surface area (Å²) in [5.41, 5.74) is -0.911. The maximum absolute atomic E-state index is 12.6. The number of hydrogen-bond acceptors (Lipinski definition) is 5.